The zero-order valence-corrected chi connectivity index (χ0v) is 21.7. The number of aromatic nitrogens is 2. The van der Waals surface area contributed by atoms with Crippen LogP contribution in [-0.4, -0.2) is 102 Å². The summed E-state index contributed by atoms with van der Waals surface area (Å²) in [5.41, 5.74) is 0.919. The van der Waals surface area contributed by atoms with Crippen LogP contribution in [-0.2, 0) is 20.7 Å². The molecule has 2 heterocycles. The Hall–Kier alpha value is -4.36. The Morgan fingerprint density at radius 1 is 0.975 bits per heavy atom. The third-order valence-corrected chi connectivity index (χ3v) is 6.45. The highest BCUT2D eigenvalue weighted by molar-refractivity contribution is 5.95. The Labute approximate surface area is 228 Å². The molecule has 3 aromatic rings. The molecule has 4 rings (SSSR count). The van der Waals surface area contributed by atoms with E-state index in [9.17, 15) is 23.6 Å². The smallest absolute Gasteiger partial charge is 0.404 e. The average Bonchev–Trinajstić information content (AvgIpc) is 2.96. The highest BCUT2D eigenvalue weighted by Gasteiger charge is 2.26. The van der Waals surface area contributed by atoms with Crippen LogP contribution in [0.3, 0.4) is 0 Å². The van der Waals surface area contributed by atoms with Crippen LogP contribution >= 0.6 is 0 Å². The van der Waals surface area contributed by atoms with E-state index in [0.717, 1.165) is 0 Å². The van der Waals surface area contributed by atoms with Gasteiger partial charge in [-0.15, -0.1) is 0 Å². The highest BCUT2D eigenvalue weighted by Crippen LogP contribution is 2.20. The Kier molecular flexibility index (Phi) is 9.76. The summed E-state index contributed by atoms with van der Waals surface area (Å²) in [6.45, 7) is 1.70. The molecule has 0 saturated carbocycles. The zero-order valence-electron chi connectivity index (χ0n) is 21.7. The zero-order chi connectivity index (χ0) is 28.5. The van der Waals surface area contributed by atoms with Crippen LogP contribution in [0.4, 0.5) is 9.18 Å². The lowest BCUT2D eigenvalue weighted by atomic mass is 10.0. The van der Waals surface area contributed by atoms with Crippen molar-refractivity contribution in [1.82, 2.24) is 25.3 Å². The molecule has 1 fully saturated rings. The number of aromatic amines is 1. The summed E-state index contributed by atoms with van der Waals surface area (Å²) < 4.78 is 25.2. The van der Waals surface area contributed by atoms with Gasteiger partial charge in [-0.1, -0.05) is 24.3 Å². The van der Waals surface area contributed by atoms with E-state index < -0.39 is 17.8 Å². The van der Waals surface area contributed by atoms with Crippen molar-refractivity contribution in [3.05, 3.63) is 75.5 Å². The number of hydrogen-bond acceptors (Lipinski definition) is 7. The van der Waals surface area contributed by atoms with Crippen molar-refractivity contribution in [3.8, 4) is 0 Å². The highest BCUT2D eigenvalue weighted by atomic mass is 19.1. The number of carbonyl (C=O) groups excluding carboxylic acids is 2. The Balaban J connectivity index is 1.27. The molecule has 0 spiro atoms. The summed E-state index contributed by atoms with van der Waals surface area (Å²) in [5.74, 6) is -1.33. The number of nitrogens with one attached hydrogen (secondary N) is 2. The van der Waals surface area contributed by atoms with Crippen molar-refractivity contribution >= 4 is 28.7 Å². The number of carboxylic acid groups (broad SMARTS) is 1. The summed E-state index contributed by atoms with van der Waals surface area (Å²) >= 11 is 0. The molecule has 212 valence electrons. The van der Waals surface area contributed by atoms with Crippen LogP contribution in [0.15, 0.2) is 47.3 Å². The van der Waals surface area contributed by atoms with Crippen molar-refractivity contribution in [2.45, 2.75) is 6.42 Å². The van der Waals surface area contributed by atoms with E-state index in [4.69, 9.17) is 14.6 Å². The third kappa shape index (κ3) is 7.39. The van der Waals surface area contributed by atoms with Gasteiger partial charge in [-0.3, -0.25) is 14.4 Å². The molecule has 1 aliphatic rings. The number of nitrogens with zero attached hydrogens (tertiary/aromatic N) is 3. The van der Waals surface area contributed by atoms with E-state index >= 15 is 0 Å². The van der Waals surface area contributed by atoms with Gasteiger partial charge >= 0.3 is 6.09 Å². The molecule has 12 nitrogen and oxygen atoms in total. The van der Waals surface area contributed by atoms with Crippen LogP contribution in [0.5, 0.6) is 0 Å². The lowest BCUT2D eigenvalue weighted by Crippen LogP contribution is -2.51. The first-order valence-electron chi connectivity index (χ1n) is 12.8. The van der Waals surface area contributed by atoms with Gasteiger partial charge in [0.1, 0.15) is 12.4 Å². The predicted molar refractivity (Wildman–Crippen MR) is 142 cm³/mol. The maximum atomic E-state index is 14.7. The molecule has 40 heavy (non-hydrogen) atoms. The topological polar surface area (TPSA) is 154 Å². The third-order valence-electron chi connectivity index (χ3n) is 6.45. The number of amides is 3. The van der Waals surface area contributed by atoms with Gasteiger partial charge in [-0.2, -0.15) is 5.10 Å². The van der Waals surface area contributed by atoms with Crippen molar-refractivity contribution in [2.75, 3.05) is 59.2 Å². The number of benzene rings is 2. The first-order valence-corrected chi connectivity index (χ1v) is 12.8. The fraction of sp³-hybridized carbons (Fsp3) is 0.370. The van der Waals surface area contributed by atoms with Crippen molar-refractivity contribution in [2.24, 2.45) is 0 Å². The minimum atomic E-state index is -1.13. The number of halogens is 1. The molecule has 13 heteroatoms. The van der Waals surface area contributed by atoms with E-state index in [-0.39, 0.29) is 63.1 Å². The van der Waals surface area contributed by atoms with Crippen LogP contribution in [0, 0.1) is 5.82 Å². The standard InChI is InChI=1S/C27H30FN5O7/c28-22-6-5-18(16-23-19-3-1-2-4-20(19)25(35)31-30-23)15-21(22)26(36)33-10-8-32(9-11-33)24(34)17-40-14-13-39-12-7-29-27(37)38/h1-6,15,29H,7-14,16-17H2,(H,31,35)(H,37,38). The van der Waals surface area contributed by atoms with Crippen LogP contribution in [0.1, 0.15) is 21.6 Å². The number of H-pyrrole nitrogens is 1. The number of rotatable bonds is 11. The molecule has 3 N–H and O–H groups in total. The van der Waals surface area contributed by atoms with Gasteiger partial charge in [-0.25, -0.2) is 14.3 Å². The normalized spacial score (nSPS) is 13.4. The molecule has 0 bridgehead atoms. The lowest BCUT2D eigenvalue weighted by molar-refractivity contribution is -0.138. The van der Waals surface area contributed by atoms with Gasteiger partial charge in [-0.05, 0) is 23.8 Å². The van der Waals surface area contributed by atoms with Crippen molar-refractivity contribution in [3.63, 3.8) is 0 Å². The van der Waals surface area contributed by atoms with Gasteiger partial charge < -0.3 is 29.7 Å². The second-order valence-electron chi connectivity index (χ2n) is 9.11. The van der Waals surface area contributed by atoms with Gasteiger partial charge in [0.2, 0.25) is 5.91 Å². The molecule has 0 unspecified atom stereocenters. The molecule has 1 aliphatic heterocycles. The Morgan fingerprint density at radius 3 is 2.42 bits per heavy atom. The number of ether oxygens (including phenoxy) is 2. The predicted octanol–water partition coefficient (Wildman–Crippen LogP) is 1.24. The molecule has 0 atom stereocenters. The molecular formula is C27H30FN5O7. The summed E-state index contributed by atoms with van der Waals surface area (Å²) in [5, 5.41) is 18.5. The fourth-order valence-electron chi connectivity index (χ4n) is 4.38. The average molecular weight is 556 g/mol. The molecule has 1 saturated heterocycles. The lowest BCUT2D eigenvalue weighted by Gasteiger charge is -2.34. The minimum Gasteiger partial charge on any atom is -0.465 e. The monoisotopic (exact) mass is 555 g/mol. The van der Waals surface area contributed by atoms with E-state index in [0.29, 0.717) is 41.5 Å². The van der Waals surface area contributed by atoms with Crippen LogP contribution in [0.25, 0.3) is 10.8 Å². The van der Waals surface area contributed by atoms with E-state index in [1.54, 1.807) is 29.2 Å². The van der Waals surface area contributed by atoms with Gasteiger partial charge in [0.15, 0.2) is 0 Å². The summed E-state index contributed by atoms with van der Waals surface area (Å²) in [6, 6.07) is 11.4. The van der Waals surface area contributed by atoms with Crippen LogP contribution < -0.4 is 10.9 Å². The number of fused-ring (bicyclic) bond motifs is 1. The molecule has 0 aliphatic carbocycles. The van der Waals surface area contributed by atoms with Crippen LogP contribution in [0.2, 0.25) is 0 Å². The summed E-state index contributed by atoms with van der Waals surface area (Å²) in [7, 11) is 0. The number of carbonyl (C=O) groups is 3. The molecule has 0 radical (unpaired) electrons. The van der Waals surface area contributed by atoms with Gasteiger partial charge in [0.05, 0.1) is 36.5 Å². The molecule has 2 aromatic carbocycles. The number of piperazine rings is 1. The Morgan fingerprint density at radius 2 is 1.68 bits per heavy atom. The molecular weight excluding hydrogens is 525 g/mol. The van der Waals surface area contributed by atoms with E-state index in [1.807, 2.05) is 6.07 Å². The van der Waals surface area contributed by atoms with Gasteiger partial charge in [0.25, 0.3) is 11.5 Å². The first kappa shape index (κ1) is 28.6. The van der Waals surface area contributed by atoms with Crippen molar-refractivity contribution < 1.29 is 33.4 Å². The quantitative estimate of drug-likeness (QED) is 0.299. The largest absolute Gasteiger partial charge is 0.465 e. The maximum Gasteiger partial charge on any atom is 0.404 e. The molecule has 1 aromatic heterocycles. The first-order chi connectivity index (χ1) is 19.3. The fourth-order valence-corrected chi connectivity index (χ4v) is 4.38. The van der Waals surface area contributed by atoms with E-state index in [1.165, 1.54) is 17.0 Å². The van der Waals surface area contributed by atoms with Crippen molar-refractivity contribution in [1.29, 1.82) is 0 Å². The maximum absolute atomic E-state index is 14.7. The number of hydrogen-bond donors (Lipinski definition) is 3. The van der Waals surface area contributed by atoms with Gasteiger partial charge in [0, 0.05) is 44.5 Å². The van der Waals surface area contributed by atoms with E-state index in [2.05, 4.69) is 15.5 Å². The summed E-state index contributed by atoms with van der Waals surface area (Å²) in [6.07, 6.45) is -0.829. The Bertz CT molecular complexity index is 1420. The minimum absolute atomic E-state index is 0.0621. The second kappa shape index (κ2) is 13.6. The molecule has 3 amide bonds. The summed E-state index contributed by atoms with van der Waals surface area (Å²) in [4.78, 5) is 51.1. The SMILES string of the molecule is O=C(O)NCCOCCOCC(=O)N1CCN(C(=O)c2cc(Cc3n[nH]c(=O)c4ccccc34)ccc2F)CC1. The second-order valence-corrected chi connectivity index (χ2v) is 9.11.